The number of rotatable bonds is 7. The molecule has 1 atom stereocenters. The number of carboxylic acid groups (broad SMARTS) is 1. The first-order valence-corrected chi connectivity index (χ1v) is 14.6. The predicted molar refractivity (Wildman–Crippen MR) is 148 cm³/mol. The molecule has 1 aromatic heterocycles. The minimum atomic E-state index is -0.956. The Morgan fingerprint density at radius 3 is 2.00 bits per heavy atom. The number of imidazole rings is 1. The standard InChI is InChI=1S/C33H37N3O3/c37-31(30(25-7-3-1-4-8-25)26-9-5-2-6-10-26)36-20-27-28(16-29(36)32(38)39)35(21-34-27)12-11-33-17-22-13-23(18-33)15-24(14-22)19-33/h1-10,21-24,29-30H,11-20H2,(H,38,39). The number of fused-ring (bicyclic) bond motifs is 1. The van der Waals surface area contributed by atoms with Crippen LogP contribution in [0.1, 0.15) is 73.4 Å². The first-order chi connectivity index (χ1) is 19.0. The number of carboxylic acids is 1. The number of benzene rings is 2. The molecule has 2 aromatic carbocycles. The Morgan fingerprint density at radius 2 is 1.46 bits per heavy atom. The molecule has 1 N–H and O–H groups in total. The molecule has 4 saturated carbocycles. The van der Waals surface area contributed by atoms with Crippen LogP contribution in [0.2, 0.25) is 0 Å². The highest BCUT2D eigenvalue weighted by Gasteiger charge is 2.50. The van der Waals surface area contributed by atoms with Crippen LogP contribution < -0.4 is 0 Å². The van der Waals surface area contributed by atoms with Crippen LogP contribution in [-0.4, -0.2) is 37.5 Å². The summed E-state index contributed by atoms with van der Waals surface area (Å²) in [6.45, 7) is 1.12. The van der Waals surface area contributed by atoms with E-state index in [9.17, 15) is 14.7 Å². The van der Waals surface area contributed by atoms with Crippen LogP contribution in [0.5, 0.6) is 0 Å². The van der Waals surface area contributed by atoms with Crippen molar-refractivity contribution in [3.05, 3.63) is 89.5 Å². The first kappa shape index (κ1) is 24.6. The highest BCUT2D eigenvalue weighted by Crippen LogP contribution is 2.61. The van der Waals surface area contributed by atoms with Crippen molar-refractivity contribution >= 4 is 11.9 Å². The predicted octanol–water partition coefficient (Wildman–Crippen LogP) is 5.66. The van der Waals surface area contributed by atoms with E-state index in [-0.39, 0.29) is 12.5 Å². The first-order valence-electron chi connectivity index (χ1n) is 14.6. The molecule has 4 aliphatic carbocycles. The quantitative estimate of drug-likeness (QED) is 0.434. The normalized spacial score (nSPS) is 29.0. The van der Waals surface area contributed by atoms with Crippen LogP contribution in [0.3, 0.4) is 0 Å². The monoisotopic (exact) mass is 523 g/mol. The molecule has 6 heteroatoms. The van der Waals surface area contributed by atoms with Crippen LogP contribution in [0, 0.1) is 23.2 Å². The number of aryl methyl sites for hydroxylation is 1. The van der Waals surface area contributed by atoms with E-state index < -0.39 is 17.9 Å². The zero-order valence-corrected chi connectivity index (χ0v) is 22.4. The van der Waals surface area contributed by atoms with Gasteiger partial charge in [-0.25, -0.2) is 9.78 Å². The second kappa shape index (κ2) is 9.65. The Hall–Kier alpha value is -3.41. The Balaban J connectivity index is 1.14. The van der Waals surface area contributed by atoms with Crippen molar-refractivity contribution in [2.75, 3.05) is 0 Å². The van der Waals surface area contributed by atoms with Gasteiger partial charge in [0.25, 0.3) is 0 Å². The second-order valence-electron chi connectivity index (χ2n) is 12.8. The Morgan fingerprint density at radius 1 is 0.897 bits per heavy atom. The van der Waals surface area contributed by atoms with Crippen molar-refractivity contribution in [2.45, 2.75) is 76.4 Å². The lowest BCUT2D eigenvalue weighted by molar-refractivity contribution is -0.151. The summed E-state index contributed by atoms with van der Waals surface area (Å²) >= 11 is 0. The number of hydrogen-bond acceptors (Lipinski definition) is 3. The zero-order valence-electron chi connectivity index (χ0n) is 22.4. The van der Waals surface area contributed by atoms with Gasteiger partial charge < -0.3 is 14.6 Å². The highest BCUT2D eigenvalue weighted by atomic mass is 16.4. The van der Waals surface area contributed by atoms with Crippen molar-refractivity contribution in [1.29, 1.82) is 0 Å². The van der Waals surface area contributed by atoms with Gasteiger partial charge in [-0.2, -0.15) is 0 Å². The molecule has 4 fully saturated rings. The van der Waals surface area contributed by atoms with Crippen molar-refractivity contribution < 1.29 is 14.7 Å². The molecule has 3 aromatic rings. The lowest BCUT2D eigenvalue weighted by atomic mass is 9.49. The molecule has 1 unspecified atom stereocenters. The number of carbonyl (C=O) groups is 2. The molecule has 8 rings (SSSR count). The number of hydrogen-bond donors (Lipinski definition) is 1. The Kier molecular flexibility index (Phi) is 6.09. The highest BCUT2D eigenvalue weighted by molar-refractivity contribution is 5.91. The molecule has 5 aliphatic rings. The second-order valence-corrected chi connectivity index (χ2v) is 12.8. The maximum atomic E-state index is 14.1. The molecule has 6 nitrogen and oxygen atoms in total. The lowest BCUT2D eigenvalue weighted by Crippen LogP contribution is -2.50. The van der Waals surface area contributed by atoms with E-state index in [1.165, 1.54) is 38.5 Å². The average Bonchev–Trinajstić information content (AvgIpc) is 3.34. The van der Waals surface area contributed by atoms with Gasteiger partial charge in [0, 0.05) is 18.7 Å². The third-order valence-corrected chi connectivity index (χ3v) is 10.2. The molecule has 202 valence electrons. The molecule has 0 saturated heterocycles. The zero-order chi connectivity index (χ0) is 26.6. The fourth-order valence-electron chi connectivity index (χ4n) is 8.91. The van der Waals surface area contributed by atoms with E-state index in [2.05, 4.69) is 4.57 Å². The van der Waals surface area contributed by atoms with Crippen LogP contribution >= 0.6 is 0 Å². The molecule has 2 heterocycles. The van der Waals surface area contributed by atoms with Gasteiger partial charge >= 0.3 is 5.97 Å². The van der Waals surface area contributed by atoms with Gasteiger partial charge in [0.2, 0.25) is 5.91 Å². The van der Waals surface area contributed by atoms with Gasteiger partial charge in [0.15, 0.2) is 0 Å². The molecule has 1 aliphatic heterocycles. The molecular weight excluding hydrogens is 486 g/mol. The van der Waals surface area contributed by atoms with Crippen LogP contribution in [0.15, 0.2) is 67.0 Å². The molecule has 1 amide bonds. The van der Waals surface area contributed by atoms with E-state index >= 15 is 0 Å². The number of aromatic nitrogens is 2. The fourth-order valence-corrected chi connectivity index (χ4v) is 8.91. The summed E-state index contributed by atoms with van der Waals surface area (Å²) in [6, 6.07) is 18.4. The van der Waals surface area contributed by atoms with E-state index in [0.29, 0.717) is 11.8 Å². The third-order valence-electron chi connectivity index (χ3n) is 10.2. The Bertz CT molecular complexity index is 1290. The van der Waals surface area contributed by atoms with Gasteiger partial charge in [-0.15, -0.1) is 0 Å². The lowest BCUT2D eigenvalue weighted by Gasteiger charge is -2.57. The molecular formula is C33H37N3O3. The summed E-state index contributed by atoms with van der Waals surface area (Å²) in [6.07, 6.45) is 11.8. The smallest absolute Gasteiger partial charge is 0.326 e. The average molecular weight is 524 g/mol. The maximum Gasteiger partial charge on any atom is 0.326 e. The summed E-state index contributed by atoms with van der Waals surface area (Å²) in [4.78, 5) is 33.0. The molecule has 4 bridgehead atoms. The molecule has 39 heavy (non-hydrogen) atoms. The number of carbonyl (C=O) groups excluding carboxylic acids is 1. The van der Waals surface area contributed by atoms with E-state index in [4.69, 9.17) is 4.98 Å². The summed E-state index contributed by atoms with van der Waals surface area (Å²) in [5.41, 5.74) is 4.03. The largest absolute Gasteiger partial charge is 0.480 e. The number of nitrogens with zero attached hydrogens (tertiary/aromatic N) is 3. The van der Waals surface area contributed by atoms with Crippen molar-refractivity contribution in [3.8, 4) is 0 Å². The summed E-state index contributed by atoms with van der Waals surface area (Å²) < 4.78 is 2.21. The van der Waals surface area contributed by atoms with Gasteiger partial charge in [-0.05, 0) is 79.2 Å². The van der Waals surface area contributed by atoms with Crippen molar-refractivity contribution in [1.82, 2.24) is 14.5 Å². The maximum absolute atomic E-state index is 14.1. The van der Waals surface area contributed by atoms with Gasteiger partial charge in [0.05, 0.1) is 24.5 Å². The van der Waals surface area contributed by atoms with Crippen molar-refractivity contribution in [3.63, 3.8) is 0 Å². The van der Waals surface area contributed by atoms with E-state index in [1.54, 1.807) is 4.90 Å². The van der Waals surface area contributed by atoms with Crippen LogP contribution in [-0.2, 0) is 29.1 Å². The van der Waals surface area contributed by atoms with Gasteiger partial charge in [-0.3, -0.25) is 4.79 Å². The summed E-state index contributed by atoms with van der Waals surface area (Å²) in [5, 5.41) is 10.3. The third kappa shape index (κ3) is 4.48. The van der Waals surface area contributed by atoms with Crippen LogP contribution in [0.4, 0.5) is 0 Å². The Labute approximate surface area is 230 Å². The van der Waals surface area contributed by atoms with E-state index in [1.807, 2.05) is 67.0 Å². The topological polar surface area (TPSA) is 75.4 Å². The number of amides is 1. The minimum Gasteiger partial charge on any atom is -0.480 e. The van der Waals surface area contributed by atoms with Gasteiger partial charge in [0.1, 0.15) is 6.04 Å². The summed E-state index contributed by atoms with van der Waals surface area (Å²) in [5.74, 6) is 1.06. The number of aliphatic carboxylic acids is 1. The van der Waals surface area contributed by atoms with E-state index in [0.717, 1.165) is 53.2 Å². The minimum absolute atomic E-state index is 0.187. The van der Waals surface area contributed by atoms with Crippen LogP contribution in [0.25, 0.3) is 0 Å². The summed E-state index contributed by atoms with van der Waals surface area (Å²) in [7, 11) is 0. The van der Waals surface area contributed by atoms with Gasteiger partial charge in [-0.1, -0.05) is 60.7 Å². The van der Waals surface area contributed by atoms with Crippen molar-refractivity contribution in [2.24, 2.45) is 23.2 Å². The fraction of sp³-hybridized carbons (Fsp3) is 0.485. The molecule has 0 spiro atoms. The molecule has 0 radical (unpaired) electrons. The SMILES string of the molecule is O=C(O)C1Cc2c(ncn2CCC23CC4CC(CC(C4)C2)C3)CN1C(=O)C(c1ccccc1)c1ccccc1.